The number of benzene rings is 1. The van der Waals surface area contributed by atoms with Gasteiger partial charge in [0.25, 0.3) is 5.91 Å². The van der Waals surface area contributed by atoms with E-state index in [1.165, 1.54) is 18.6 Å². The van der Waals surface area contributed by atoms with Gasteiger partial charge in [-0.05, 0) is 42.9 Å². The molecule has 1 amide bonds. The first kappa shape index (κ1) is 15.5. The molecule has 2 rings (SSSR count). The molecule has 0 radical (unpaired) electrons. The molecule has 2 unspecified atom stereocenters. The molecular formula is C17H21FN2O. The summed E-state index contributed by atoms with van der Waals surface area (Å²) in [5.74, 6) is 5.84. The number of carbonyl (C=O) groups excluding carboxylic acids is 1. The minimum absolute atomic E-state index is 0.0462. The van der Waals surface area contributed by atoms with Gasteiger partial charge in [-0.3, -0.25) is 4.79 Å². The summed E-state index contributed by atoms with van der Waals surface area (Å²) in [7, 11) is 0. The maximum atomic E-state index is 13.8. The maximum Gasteiger partial charge on any atom is 0.254 e. The Kier molecular flexibility index (Phi) is 5.35. The molecule has 0 aliphatic heterocycles. The molecule has 4 heteroatoms. The predicted molar refractivity (Wildman–Crippen MR) is 81.2 cm³/mol. The number of nitrogens with one attached hydrogen (secondary N) is 1. The van der Waals surface area contributed by atoms with Gasteiger partial charge in [0.05, 0.1) is 12.1 Å². The van der Waals surface area contributed by atoms with Gasteiger partial charge in [-0.15, -0.1) is 0 Å². The van der Waals surface area contributed by atoms with Gasteiger partial charge in [0.2, 0.25) is 0 Å². The van der Waals surface area contributed by atoms with Gasteiger partial charge < -0.3 is 11.1 Å². The normalized spacial score (nSPS) is 20.7. The van der Waals surface area contributed by atoms with E-state index in [9.17, 15) is 9.18 Å². The van der Waals surface area contributed by atoms with Crippen molar-refractivity contribution in [3.63, 3.8) is 0 Å². The summed E-state index contributed by atoms with van der Waals surface area (Å²) in [4.78, 5) is 12.1. The Morgan fingerprint density at radius 2 is 2.29 bits per heavy atom. The number of carbonyl (C=O) groups is 1. The van der Waals surface area contributed by atoms with Crippen LogP contribution in [-0.4, -0.2) is 19.0 Å². The summed E-state index contributed by atoms with van der Waals surface area (Å²) in [6.45, 7) is 3.07. The van der Waals surface area contributed by atoms with Crippen LogP contribution in [0.3, 0.4) is 0 Å². The molecule has 1 fully saturated rings. The average Bonchev–Trinajstić information content (AvgIpc) is 2.89. The van der Waals surface area contributed by atoms with Crippen LogP contribution in [0.15, 0.2) is 18.2 Å². The lowest BCUT2D eigenvalue weighted by molar-refractivity contribution is 0.0943. The fraction of sp³-hybridized carbons (Fsp3) is 0.471. The molecule has 1 aromatic carbocycles. The zero-order valence-corrected chi connectivity index (χ0v) is 12.3. The lowest BCUT2D eigenvalue weighted by Gasteiger charge is -2.11. The molecule has 0 bridgehead atoms. The SMILES string of the molecule is CC1CCC(CNC(=O)c2cc(C#CCN)ccc2F)C1. The third-order valence-electron chi connectivity index (χ3n) is 3.90. The highest BCUT2D eigenvalue weighted by molar-refractivity contribution is 5.94. The summed E-state index contributed by atoms with van der Waals surface area (Å²) in [6, 6.07) is 4.30. The Hall–Kier alpha value is -1.86. The van der Waals surface area contributed by atoms with E-state index in [0.29, 0.717) is 18.0 Å². The van der Waals surface area contributed by atoms with Crippen LogP contribution in [0.1, 0.15) is 42.1 Å². The van der Waals surface area contributed by atoms with Crippen LogP contribution in [-0.2, 0) is 0 Å². The van der Waals surface area contributed by atoms with Crippen molar-refractivity contribution in [1.82, 2.24) is 5.32 Å². The van der Waals surface area contributed by atoms with Gasteiger partial charge in [0.1, 0.15) is 5.82 Å². The number of hydrogen-bond donors (Lipinski definition) is 2. The first-order valence-corrected chi connectivity index (χ1v) is 7.37. The van der Waals surface area contributed by atoms with Crippen molar-refractivity contribution >= 4 is 5.91 Å². The molecule has 0 saturated heterocycles. The van der Waals surface area contributed by atoms with Crippen molar-refractivity contribution in [3.8, 4) is 11.8 Å². The van der Waals surface area contributed by atoms with Crippen molar-refractivity contribution < 1.29 is 9.18 Å². The summed E-state index contributed by atoms with van der Waals surface area (Å²) in [6.07, 6.45) is 3.47. The van der Waals surface area contributed by atoms with Gasteiger partial charge in [-0.1, -0.05) is 25.2 Å². The van der Waals surface area contributed by atoms with E-state index in [4.69, 9.17) is 5.73 Å². The first-order chi connectivity index (χ1) is 10.1. The Morgan fingerprint density at radius 1 is 1.48 bits per heavy atom. The molecule has 1 aliphatic rings. The molecule has 0 heterocycles. The Labute approximate surface area is 125 Å². The van der Waals surface area contributed by atoms with E-state index in [-0.39, 0.29) is 18.0 Å². The predicted octanol–water partition coefficient (Wildman–Crippen LogP) is 2.30. The Balaban J connectivity index is 2.01. The number of halogens is 1. The molecule has 2 atom stereocenters. The second-order valence-electron chi connectivity index (χ2n) is 5.69. The van der Waals surface area contributed by atoms with Gasteiger partial charge in [0, 0.05) is 12.1 Å². The number of nitrogens with two attached hydrogens (primary N) is 1. The highest BCUT2D eigenvalue weighted by atomic mass is 19.1. The summed E-state index contributed by atoms with van der Waals surface area (Å²) < 4.78 is 13.8. The highest BCUT2D eigenvalue weighted by Gasteiger charge is 2.22. The molecule has 21 heavy (non-hydrogen) atoms. The summed E-state index contributed by atoms with van der Waals surface area (Å²) in [5, 5.41) is 2.83. The van der Waals surface area contributed by atoms with E-state index in [1.807, 2.05) is 0 Å². The second kappa shape index (κ2) is 7.24. The minimum atomic E-state index is -0.523. The number of amides is 1. The van der Waals surface area contributed by atoms with E-state index in [2.05, 4.69) is 24.1 Å². The summed E-state index contributed by atoms with van der Waals surface area (Å²) in [5.41, 5.74) is 5.95. The van der Waals surface area contributed by atoms with Crippen LogP contribution in [0.5, 0.6) is 0 Å². The van der Waals surface area contributed by atoms with Gasteiger partial charge in [-0.2, -0.15) is 0 Å². The largest absolute Gasteiger partial charge is 0.352 e. The van der Waals surface area contributed by atoms with Gasteiger partial charge in [0.15, 0.2) is 0 Å². The first-order valence-electron chi connectivity index (χ1n) is 7.37. The monoisotopic (exact) mass is 288 g/mol. The molecule has 0 spiro atoms. The second-order valence-corrected chi connectivity index (χ2v) is 5.69. The fourth-order valence-corrected chi connectivity index (χ4v) is 2.77. The van der Waals surface area contributed by atoms with Crippen molar-refractivity contribution in [3.05, 3.63) is 35.1 Å². The average molecular weight is 288 g/mol. The molecule has 1 aromatic rings. The van der Waals surface area contributed by atoms with E-state index in [0.717, 1.165) is 18.8 Å². The Morgan fingerprint density at radius 3 is 2.95 bits per heavy atom. The van der Waals surface area contributed by atoms with Crippen molar-refractivity contribution in [2.45, 2.75) is 26.2 Å². The van der Waals surface area contributed by atoms with E-state index >= 15 is 0 Å². The van der Waals surface area contributed by atoms with Gasteiger partial charge in [-0.25, -0.2) is 4.39 Å². The lowest BCUT2D eigenvalue weighted by atomic mass is 10.1. The van der Waals surface area contributed by atoms with Crippen LogP contribution in [0.25, 0.3) is 0 Å². The number of hydrogen-bond acceptors (Lipinski definition) is 2. The topological polar surface area (TPSA) is 55.1 Å². The Bertz CT molecular complexity index is 574. The standard InChI is InChI=1S/C17H21FN2O/c1-12-4-5-14(9-12)11-20-17(21)15-10-13(3-2-8-19)6-7-16(15)18/h6-7,10,12,14H,4-5,8-9,11,19H2,1H3,(H,20,21). The van der Waals surface area contributed by atoms with Crippen LogP contribution in [0.4, 0.5) is 4.39 Å². The zero-order chi connectivity index (χ0) is 15.2. The third-order valence-corrected chi connectivity index (χ3v) is 3.90. The molecule has 3 nitrogen and oxygen atoms in total. The van der Waals surface area contributed by atoms with Crippen LogP contribution >= 0.6 is 0 Å². The molecule has 1 aliphatic carbocycles. The highest BCUT2D eigenvalue weighted by Crippen LogP contribution is 2.29. The number of rotatable bonds is 3. The van der Waals surface area contributed by atoms with Crippen LogP contribution < -0.4 is 11.1 Å². The molecule has 112 valence electrons. The molecule has 1 saturated carbocycles. The van der Waals surface area contributed by atoms with Crippen LogP contribution in [0.2, 0.25) is 0 Å². The van der Waals surface area contributed by atoms with E-state index < -0.39 is 5.82 Å². The maximum absolute atomic E-state index is 13.8. The minimum Gasteiger partial charge on any atom is -0.352 e. The molecule has 3 N–H and O–H groups in total. The molecule has 0 aromatic heterocycles. The van der Waals surface area contributed by atoms with Crippen LogP contribution in [0, 0.1) is 29.5 Å². The zero-order valence-electron chi connectivity index (χ0n) is 12.3. The fourth-order valence-electron chi connectivity index (χ4n) is 2.77. The third kappa shape index (κ3) is 4.30. The molecular weight excluding hydrogens is 267 g/mol. The van der Waals surface area contributed by atoms with Crippen molar-refractivity contribution in [2.24, 2.45) is 17.6 Å². The quantitative estimate of drug-likeness (QED) is 0.839. The van der Waals surface area contributed by atoms with Crippen molar-refractivity contribution in [2.75, 3.05) is 13.1 Å². The lowest BCUT2D eigenvalue weighted by Crippen LogP contribution is -2.29. The van der Waals surface area contributed by atoms with E-state index in [1.54, 1.807) is 6.07 Å². The smallest absolute Gasteiger partial charge is 0.254 e. The van der Waals surface area contributed by atoms with Gasteiger partial charge >= 0.3 is 0 Å². The van der Waals surface area contributed by atoms with Crippen molar-refractivity contribution in [1.29, 1.82) is 0 Å². The summed E-state index contributed by atoms with van der Waals surface area (Å²) >= 11 is 0.